The van der Waals surface area contributed by atoms with Crippen LogP contribution >= 0.6 is 15.9 Å². The van der Waals surface area contributed by atoms with E-state index in [-0.39, 0.29) is 0 Å². The Balaban J connectivity index is 1.96. The molecule has 0 bridgehead atoms. The van der Waals surface area contributed by atoms with Crippen molar-refractivity contribution < 1.29 is 14.8 Å². The van der Waals surface area contributed by atoms with E-state index in [2.05, 4.69) is 15.9 Å². The number of halogens is 1. The monoisotopic (exact) mass is 320 g/mol. The van der Waals surface area contributed by atoms with E-state index in [1.807, 2.05) is 36.4 Å². The molecule has 0 aliphatic heterocycles. The van der Waals surface area contributed by atoms with Crippen molar-refractivity contribution in [1.82, 2.24) is 0 Å². The molecule has 3 nitrogen and oxygen atoms in total. The first-order chi connectivity index (χ1) is 9.16. The zero-order valence-corrected chi connectivity index (χ0v) is 11.9. The first-order valence-corrected chi connectivity index (χ1v) is 6.72. The van der Waals surface area contributed by atoms with Crippen LogP contribution in [0.15, 0.2) is 53.0 Å². The zero-order chi connectivity index (χ0) is 13.7. The summed E-state index contributed by atoms with van der Waals surface area (Å²) < 4.78 is 6.62. The number of ether oxygens (including phenoxy) is 1. The lowest BCUT2D eigenvalue weighted by Crippen LogP contribution is -2.33. The molecule has 0 saturated heterocycles. The van der Waals surface area contributed by atoms with Gasteiger partial charge in [-0.25, -0.2) is 0 Å². The molecule has 2 aromatic rings. The quantitative estimate of drug-likeness (QED) is 0.827. The molecule has 0 radical (unpaired) electrons. The lowest BCUT2D eigenvalue weighted by atomic mass is 9.77. The predicted molar refractivity (Wildman–Crippen MR) is 78.9 cm³/mol. The summed E-state index contributed by atoms with van der Waals surface area (Å²) in [5, 5.41) is 18.5. The number of hydrogen-bond acceptors (Lipinski definition) is 3. The van der Waals surface area contributed by atoms with Crippen molar-refractivity contribution in [2.75, 3.05) is 0 Å². The molecule has 0 amide bonds. The van der Waals surface area contributed by atoms with Crippen molar-refractivity contribution in [3.8, 4) is 0 Å². The maximum Gasteiger partial charge on any atom is 0.488 e. The number of rotatable bonds is 5. The molecule has 0 aliphatic carbocycles. The van der Waals surface area contributed by atoms with Gasteiger partial charge in [-0.1, -0.05) is 52.3 Å². The smallest absolute Gasteiger partial charge is 0.423 e. The topological polar surface area (TPSA) is 49.7 Å². The number of hydrogen-bond donors (Lipinski definition) is 2. The number of benzene rings is 2. The predicted octanol–water partition coefficient (Wildman–Crippen LogP) is 1.85. The van der Waals surface area contributed by atoms with E-state index in [1.54, 1.807) is 12.1 Å². The van der Waals surface area contributed by atoms with Crippen LogP contribution in [0.2, 0.25) is 0 Å². The van der Waals surface area contributed by atoms with Crippen LogP contribution in [0.25, 0.3) is 0 Å². The molecular weight excluding hydrogens is 307 g/mol. The van der Waals surface area contributed by atoms with Gasteiger partial charge >= 0.3 is 7.12 Å². The van der Waals surface area contributed by atoms with Crippen molar-refractivity contribution in [1.29, 1.82) is 0 Å². The average Bonchev–Trinajstić information content (AvgIpc) is 2.39. The Kier molecular flexibility index (Phi) is 5.16. The fourth-order valence-corrected chi connectivity index (χ4v) is 2.27. The molecule has 0 aliphatic rings. The van der Waals surface area contributed by atoms with Crippen LogP contribution in [-0.4, -0.2) is 17.2 Å². The lowest BCUT2D eigenvalue weighted by molar-refractivity contribution is 0.107. The highest BCUT2D eigenvalue weighted by atomic mass is 79.9. The largest absolute Gasteiger partial charge is 0.488 e. The summed E-state index contributed by atoms with van der Waals surface area (Å²) in [7, 11) is -1.47. The van der Waals surface area contributed by atoms with Gasteiger partial charge in [-0.15, -0.1) is 0 Å². The molecule has 0 heterocycles. The third-order valence-electron chi connectivity index (χ3n) is 2.75. The molecule has 0 saturated carbocycles. The molecule has 5 heteroatoms. The summed E-state index contributed by atoms with van der Waals surface area (Å²) in [5.74, 6) is 0. The Hall–Kier alpha value is -1.14. The summed E-state index contributed by atoms with van der Waals surface area (Å²) in [4.78, 5) is 0. The van der Waals surface area contributed by atoms with Crippen LogP contribution in [0.3, 0.4) is 0 Å². The Morgan fingerprint density at radius 2 is 1.79 bits per heavy atom. The van der Waals surface area contributed by atoms with Gasteiger partial charge in [-0.3, -0.25) is 0 Å². The molecule has 2 rings (SSSR count). The van der Waals surface area contributed by atoms with E-state index < -0.39 is 7.12 Å². The lowest BCUT2D eigenvalue weighted by Gasteiger charge is -2.09. The molecule has 0 fully saturated rings. The van der Waals surface area contributed by atoms with E-state index in [9.17, 15) is 10.0 Å². The Labute approximate surface area is 121 Å². The first-order valence-electron chi connectivity index (χ1n) is 5.93. The van der Waals surface area contributed by atoms with Gasteiger partial charge in [0.15, 0.2) is 0 Å². The molecule has 19 heavy (non-hydrogen) atoms. The molecule has 98 valence electrons. The van der Waals surface area contributed by atoms with Crippen LogP contribution in [-0.2, 0) is 18.0 Å². The molecule has 2 aromatic carbocycles. The Morgan fingerprint density at radius 1 is 1.00 bits per heavy atom. The summed E-state index contributed by atoms with van der Waals surface area (Å²) in [5.41, 5.74) is 2.33. The fourth-order valence-electron chi connectivity index (χ4n) is 1.82. The van der Waals surface area contributed by atoms with Gasteiger partial charge in [0.05, 0.1) is 13.2 Å². The second kappa shape index (κ2) is 6.87. The minimum Gasteiger partial charge on any atom is -0.423 e. The van der Waals surface area contributed by atoms with E-state index in [4.69, 9.17) is 4.74 Å². The van der Waals surface area contributed by atoms with Crippen LogP contribution in [0.1, 0.15) is 11.1 Å². The molecule has 0 aromatic heterocycles. The van der Waals surface area contributed by atoms with Gasteiger partial charge in [0.2, 0.25) is 0 Å². The zero-order valence-electron chi connectivity index (χ0n) is 10.3. The van der Waals surface area contributed by atoms with E-state index in [1.165, 1.54) is 0 Å². The van der Waals surface area contributed by atoms with Gasteiger partial charge < -0.3 is 14.8 Å². The van der Waals surface area contributed by atoms with Gasteiger partial charge in [-0.2, -0.15) is 0 Å². The highest BCUT2D eigenvalue weighted by Crippen LogP contribution is 2.13. The Morgan fingerprint density at radius 3 is 2.53 bits per heavy atom. The van der Waals surface area contributed by atoms with E-state index in [0.717, 1.165) is 15.6 Å². The van der Waals surface area contributed by atoms with Crippen molar-refractivity contribution in [3.63, 3.8) is 0 Å². The van der Waals surface area contributed by atoms with Crippen molar-refractivity contribution in [2.45, 2.75) is 13.2 Å². The van der Waals surface area contributed by atoms with Crippen molar-refractivity contribution >= 4 is 28.5 Å². The minimum atomic E-state index is -1.47. The normalized spacial score (nSPS) is 10.5. The van der Waals surface area contributed by atoms with Crippen LogP contribution in [0, 0.1) is 0 Å². The molecule has 0 unspecified atom stereocenters. The van der Waals surface area contributed by atoms with E-state index in [0.29, 0.717) is 18.7 Å². The van der Waals surface area contributed by atoms with Crippen LogP contribution in [0.5, 0.6) is 0 Å². The summed E-state index contributed by atoms with van der Waals surface area (Å²) in [6.45, 7) is 0.829. The average molecular weight is 321 g/mol. The van der Waals surface area contributed by atoms with Crippen molar-refractivity contribution in [3.05, 3.63) is 64.1 Å². The third-order valence-corrected chi connectivity index (χ3v) is 3.24. The van der Waals surface area contributed by atoms with Crippen LogP contribution < -0.4 is 5.46 Å². The highest BCUT2D eigenvalue weighted by Gasteiger charge is 2.14. The molecule has 0 atom stereocenters. The maximum atomic E-state index is 9.25. The summed E-state index contributed by atoms with van der Waals surface area (Å²) in [6.07, 6.45) is 0. The first kappa shape index (κ1) is 14.3. The summed E-state index contributed by atoms with van der Waals surface area (Å²) in [6, 6.07) is 15.0. The third kappa shape index (κ3) is 4.18. The van der Waals surface area contributed by atoms with Gasteiger partial charge in [0.25, 0.3) is 0 Å². The minimum absolute atomic E-state index is 0.348. The van der Waals surface area contributed by atoms with Gasteiger partial charge in [0, 0.05) is 4.47 Å². The fraction of sp³-hybridized carbons (Fsp3) is 0.143. The van der Waals surface area contributed by atoms with Crippen LogP contribution in [0.4, 0.5) is 0 Å². The second-order valence-electron chi connectivity index (χ2n) is 4.20. The molecule has 0 spiro atoms. The Bertz CT molecular complexity index is 546. The van der Waals surface area contributed by atoms with E-state index >= 15 is 0 Å². The maximum absolute atomic E-state index is 9.25. The van der Waals surface area contributed by atoms with Gasteiger partial charge in [0.1, 0.15) is 0 Å². The molecule has 2 N–H and O–H groups in total. The standard InChI is InChI=1S/C14H14BBrO3/c16-13-6-3-4-11(8-13)9-19-10-12-5-1-2-7-14(12)15(17)18/h1-8,17-18H,9-10H2. The molecular formula is C14H14BBrO3. The van der Waals surface area contributed by atoms with Crippen molar-refractivity contribution in [2.24, 2.45) is 0 Å². The highest BCUT2D eigenvalue weighted by molar-refractivity contribution is 9.10. The van der Waals surface area contributed by atoms with Gasteiger partial charge in [-0.05, 0) is 28.7 Å². The SMILES string of the molecule is OB(O)c1ccccc1COCc1cccc(Br)c1. The second-order valence-corrected chi connectivity index (χ2v) is 5.11. The summed E-state index contributed by atoms with van der Waals surface area (Å²) >= 11 is 3.41.